The van der Waals surface area contributed by atoms with Gasteiger partial charge < -0.3 is 16.0 Å². The molecule has 2 aromatic carbocycles. The van der Waals surface area contributed by atoms with Crippen LogP contribution >= 0.6 is 0 Å². The van der Waals surface area contributed by atoms with Crippen LogP contribution in [0.4, 0.5) is 0 Å². The number of nitrogens with zero attached hydrogens (tertiary/aromatic N) is 1. The first-order chi connectivity index (χ1) is 14.9. The number of carbonyl (C=O) groups is 1. The van der Waals surface area contributed by atoms with Crippen molar-refractivity contribution in [1.82, 2.24) is 15.3 Å². The molecule has 0 radical (unpaired) electrons. The van der Waals surface area contributed by atoms with Gasteiger partial charge in [0.15, 0.2) is 0 Å². The Balaban J connectivity index is 1.61. The van der Waals surface area contributed by atoms with Crippen LogP contribution in [0.1, 0.15) is 55.7 Å². The minimum absolute atomic E-state index is 0.0932. The third-order valence-electron chi connectivity index (χ3n) is 6.55. The third kappa shape index (κ3) is 4.88. The molecular formula is C26H32N4O. The first-order valence-corrected chi connectivity index (χ1v) is 11.2. The van der Waals surface area contributed by atoms with E-state index in [1.54, 1.807) is 0 Å². The van der Waals surface area contributed by atoms with Crippen molar-refractivity contribution in [3.8, 4) is 11.3 Å². The van der Waals surface area contributed by atoms with E-state index in [0.29, 0.717) is 6.42 Å². The fraction of sp³-hybridized carbons (Fsp3) is 0.385. The Bertz CT molecular complexity index is 1000. The number of benzene rings is 2. The molecule has 1 aliphatic carbocycles. The molecule has 5 heteroatoms. The molecular weight excluding hydrogens is 384 g/mol. The molecule has 1 atom stereocenters. The molecule has 0 spiro atoms. The van der Waals surface area contributed by atoms with E-state index < -0.39 is 0 Å². The monoisotopic (exact) mass is 416 g/mol. The molecule has 0 unspecified atom stereocenters. The lowest BCUT2D eigenvalue weighted by molar-refractivity contribution is -0.132. The second-order valence-electron chi connectivity index (χ2n) is 9.08. The molecule has 5 nitrogen and oxygen atoms in total. The first kappa shape index (κ1) is 21.3. The molecule has 4 N–H and O–H groups in total. The number of rotatable bonds is 6. The number of aromatic nitrogens is 2. The van der Waals surface area contributed by atoms with Crippen LogP contribution in [-0.2, 0) is 11.2 Å². The number of hydrogen-bond acceptors (Lipinski definition) is 3. The summed E-state index contributed by atoms with van der Waals surface area (Å²) in [6.45, 7) is 4.10. The van der Waals surface area contributed by atoms with Crippen LogP contribution in [-0.4, -0.2) is 21.9 Å². The average molecular weight is 417 g/mol. The summed E-state index contributed by atoms with van der Waals surface area (Å²) in [5, 5.41) is 3.33. The summed E-state index contributed by atoms with van der Waals surface area (Å²) in [6.07, 6.45) is 4.12. The number of amides is 1. The Hall–Kier alpha value is -2.92. The molecule has 1 amide bonds. The van der Waals surface area contributed by atoms with E-state index in [1.807, 2.05) is 43.3 Å². The SMILES string of the molecule is Cc1[nH]c([C@H](Cc2ccccc2)NC(=O)C2(C)CCC(N)CC2)nc1-c1ccccc1. The fourth-order valence-corrected chi connectivity index (χ4v) is 4.43. The quantitative estimate of drug-likeness (QED) is 0.545. The number of nitrogens with two attached hydrogens (primary N) is 1. The van der Waals surface area contributed by atoms with Gasteiger partial charge in [0.05, 0.1) is 11.7 Å². The zero-order chi connectivity index (χ0) is 21.8. The van der Waals surface area contributed by atoms with E-state index >= 15 is 0 Å². The van der Waals surface area contributed by atoms with Crippen molar-refractivity contribution in [1.29, 1.82) is 0 Å². The lowest BCUT2D eigenvalue weighted by Crippen LogP contribution is -2.45. The molecule has 0 saturated heterocycles. The van der Waals surface area contributed by atoms with Gasteiger partial charge in [-0.15, -0.1) is 0 Å². The normalized spacial score (nSPS) is 22.1. The van der Waals surface area contributed by atoms with E-state index in [0.717, 1.165) is 48.5 Å². The molecule has 0 aliphatic heterocycles. The molecule has 1 aromatic heterocycles. The summed E-state index contributed by atoms with van der Waals surface area (Å²) in [5.41, 5.74) is 9.87. The molecule has 31 heavy (non-hydrogen) atoms. The van der Waals surface area contributed by atoms with Crippen molar-refractivity contribution in [2.24, 2.45) is 11.1 Å². The van der Waals surface area contributed by atoms with E-state index in [9.17, 15) is 4.79 Å². The van der Waals surface area contributed by atoms with Crippen LogP contribution in [0.5, 0.6) is 0 Å². The van der Waals surface area contributed by atoms with Crippen molar-refractivity contribution in [2.75, 3.05) is 0 Å². The van der Waals surface area contributed by atoms with Gasteiger partial charge in [0.2, 0.25) is 5.91 Å². The lowest BCUT2D eigenvalue weighted by atomic mass is 9.73. The van der Waals surface area contributed by atoms with Gasteiger partial charge in [0.1, 0.15) is 5.82 Å². The largest absolute Gasteiger partial charge is 0.345 e. The highest BCUT2D eigenvalue weighted by molar-refractivity contribution is 5.82. The predicted octanol–water partition coefficient (Wildman–Crippen LogP) is 4.69. The van der Waals surface area contributed by atoms with Gasteiger partial charge in [0.25, 0.3) is 0 Å². The first-order valence-electron chi connectivity index (χ1n) is 11.2. The number of aromatic amines is 1. The number of hydrogen-bond donors (Lipinski definition) is 3. The smallest absolute Gasteiger partial charge is 0.226 e. The fourth-order valence-electron chi connectivity index (χ4n) is 4.43. The van der Waals surface area contributed by atoms with Gasteiger partial charge >= 0.3 is 0 Å². The van der Waals surface area contributed by atoms with Crippen LogP contribution in [0.25, 0.3) is 11.3 Å². The van der Waals surface area contributed by atoms with Crippen LogP contribution in [0, 0.1) is 12.3 Å². The number of H-pyrrole nitrogens is 1. The van der Waals surface area contributed by atoms with Gasteiger partial charge in [-0.2, -0.15) is 0 Å². The van der Waals surface area contributed by atoms with E-state index in [2.05, 4.69) is 41.5 Å². The van der Waals surface area contributed by atoms with Gasteiger partial charge in [-0.1, -0.05) is 67.6 Å². The minimum atomic E-state index is -0.380. The van der Waals surface area contributed by atoms with Crippen molar-refractivity contribution < 1.29 is 4.79 Å². The van der Waals surface area contributed by atoms with E-state index in [-0.39, 0.29) is 23.4 Å². The van der Waals surface area contributed by atoms with Gasteiger partial charge in [-0.05, 0) is 44.6 Å². The number of imidazole rings is 1. The summed E-state index contributed by atoms with van der Waals surface area (Å²) in [6, 6.07) is 20.4. The van der Waals surface area contributed by atoms with Gasteiger partial charge in [0, 0.05) is 22.7 Å². The second-order valence-corrected chi connectivity index (χ2v) is 9.08. The summed E-state index contributed by atoms with van der Waals surface area (Å²) < 4.78 is 0. The topological polar surface area (TPSA) is 83.8 Å². The predicted molar refractivity (Wildman–Crippen MR) is 124 cm³/mol. The highest BCUT2D eigenvalue weighted by atomic mass is 16.2. The van der Waals surface area contributed by atoms with Crippen molar-refractivity contribution in [3.05, 3.63) is 77.7 Å². The average Bonchev–Trinajstić information content (AvgIpc) is 3.18. The Labute approximate surface area is 184 Å². The molecule has 1 fully saturated rings. The van der Waals surface area contributed by atoms with Crippen LogP contribution in [0.3, 0.4) is 0 Å². The number of aryl methyl sites for hydroxylation is 1. The minimum Gasteiger partial charge on any atom is -0.345 e. The summed E-state index contributed by atoms with van der Waals surface area (Å²) in [7, 11) is 0. The van der Waals surface area contributed by atoms with Crippen molar-refractivity contribution >= 4 is 5.91 Å². The highest BCUT2D eigenvalue weighted by Crippen LogP contribution is 2.36. The Kier molecular flexibility index (Phi) is 6.23. The van der Waals surface area contributed by atoms with Crippen molar-refractivity contribution in [2.45, 2.75) is 58.0 Å². The zero-order valence-corrected chi connectivity index (χ0v) is 18.4. The maximum atomic E-state index is 13.4. The Morgan fingerprint density at radius 3 is 2.39 bits per heavy atom. The van der Waals surface area contributed by atoms with Crippen LogP contribution < -0.4 is 11.1 Å². The molecule has 1 heterocycles. The Morgan fingerprint density at radius 2 is 1.74 bits per heavy atom. The van der Waals surface area contributed by atoms with Gasteiger partial charge in [-0.25, -0.2) is 4.98 Å². The lowest BCUT2D eigenvalue weighted by Gasteiger charge is -2.35. The summed E-state index contributed by atoms with van der Waals surface area (Å²) in [5.74, 6) is 0.889. The number of nitrogens with one attached hydrogen (secondary N) is 2. The van der Waals surface area contributed by atoms with Crippen LogP contribution in [0.15, 0.2) is 60.7 Å². The maximum absolute atomic E-state index is 13.4. The summed E-state index contributed by atoms with van der Waals surface area (Å²) >= 11 is 0. The third-order valence-corrected chi connectivity index (χ3v) is 6.55. The maximum Gasteiger partial charge on any atom is 0.226 e. The van der Waals surface area contributed by atoms with Crippen molar-refractivity contribution in [3.63, 3.8) is 0 Å². The van der Waals surface area contributed by atoms with Crippen LogP contribution in [0.2, 0.25) is 0 Å². The molecule has 4 rings (SSSR count). The number of carbonyl (C=O) groups excluding carboxylic acids is 1. The van der Waals surface area contributed by atoms with Gasteiger partial charge in [-0.3, -0.25) is 4.79 Å². The zero-order valence-electron chi connectivity index (χ0n) is 18.4. The highest BCUT2D eigenvalue weighted by Gasteiger charge is 2.38. The summed E-state index contributed by atoms with van der Waals surface area (Å²) in [4.78, 5) is 21.7. The molecule has 1 aliphatic rings. The molecule has 162 valence electrons. The van der Waals surface area contributed by atoms with E-state index in [1.165, 1.54) is 5.56 Å². The Morgan fingerprint density at radius 1 is 1.13 bits per heavy atom. The van der Waals surface area contributed by atoms with E-state index in [4.69, 9.17) is 10.7 Å². The molecule has 1 saturated carbocycles. The standard InChI is InChI=1S/C26H32N4O/c1-18-23(20-11-7-4-8-12-20)30-24(28-18)22(17-19-9-5-3-6-10-19)29-25(31)26(2)15-13-21(27)14-16-26/h3-12,21-22H,13-17,27H2,1-2H3,(H,28,30)(H,29,31)/t21?,22-,26?/m0/s1. The molecule has 0 bridgehead atoms. The second kappa shape index (κ2) is 9.06. The molecule has 3 aromatic rings.